The van der Waals surface area contributed by atoms with Crippen LogP contribution in [0.1, 0.15) is 11.1 Å². The maximum absolute atomic E-state index is 9.46. The second-order valence-corrected chi connectivity index (χ2v) is 5.39. The molecule has 0 fully saturated rings. The maximum atomic E-state index is 9.46. The average Bonchev–Trinajstić information content (AvgIpc) is 2.92. The van der Waals surface area contributed by atoms with Gasteiger partial charge in [0, 0.05) is 18.7 Å². The zero-order valence-electron chi connectivity index (χ0n) is 10.7. The molecule has 0 saturated heterocycles. The minimum Gasteiger partial charge on any atom is -0.507 e. The van der Waals surface area contributed by atoms with E-state index in [4.69, 9.17) is 9.47 Å². The molecule has 1 aliphatic rings. The van der Waals surface area contributed by atoms with Crippen molar-refractivity contribution in [2.45, 2.75) is 13.1 Å². The van der Waals surface area contributed by atoms with E-state index in [0.717, 1.165) is 22.6 Å². The van der Waals surface area contributed by atoms with Gasteiger partial charge >= 0.3 is 0 Å². The van der Waals surface area contributed by atoms with Crippen LogP contribution in [0, 0.1) is 0 Å². The second-order valence-electron chi connectivity index (χ2n) is 4.54. The van der Waals surface area contributed by atoms with Crippen molar-refractivity contribution in [1.82, 2.24) is 5.32 Å². The molecule has 4 nitrogen and oxygen atoms in total. The van der Waals surface area contributed by atoms with Gasteiger partial charge in [-0.2, -0.15) is 0 Å². The number of para-hydroxylation sites is 1. The summed E-state index contributed by atoms with van der Waals surface area (Å²) in [5.74, 6) is 1.88. The predicted octanol–water partition coefficient (Wildman–Crippen LogP) is 3.17. The number of phenolic OH excluding ortho intramolecular Hbond substituents is 1. The average molecular weight is 336 g/mol. The molecule has 1 aliphatic heterocycles. The number of ether oxygens (including phenoxy) is 2. The first-order valence-electron chi connectivity index (χ1n) is 6.29. The van der Waals surface area contributed by atoms with Crippen molar-refractivity contribution >= 4 is 15.9 Å². The predicted molar refractivity (Wildman–Crippen MR) is 78.9 cm³/mol. The number of aromatic hydroxyl groups is 1. The van der Waals surface area contributed by atoms with Gasteiger partial charge in [0.2, 0.25) is 6.79 Å². The van der Waals surface area contributed by atoms with Gasteiger partial charge in [0.05, 0.1) is 4.47 Å². The SMILES string of the molecule is Oc1ccc(CNCc2cccc3c2OCO3)cc1Br. The zero-order valence-corrected chi connectivity index (χ0v) is 12.3. The van der Waals surface area contributed by atoms with Gasteiger partial charge in [-0.3, -0.25) is 0 Å². The van der Waals surface area contributed by atoms with Crippen LogP contribution in [0.4, 0.5) is 0 Å². The van der Waals surface area contributed by atoms with Crippen molar-refractivity contribution in [2.75, 3.05) is 6.79 Å². The highest BCUT2D eigenvalue weighted by molar-refractivity contribution is 9.10. The standard InChI is InChI=1S/C15H14BrNO3/c16-12-6-10(4-5-13(12)18)7-17-8-11-2-1-3-14-15(11)20-9-19-14/h1-6,17-18H,7-9H2. The molecule has 0 unspecified atom stereocenters. The molecular weight excluding hydrogens is 322 g/mol. The van der Waals surface area contributed by atoms with E-state index in [9.17, 15) is 5.11 Å². The molecular formula is C15H14BrNO3. The largest absolute Gasteiger partial charge is 0.507 e. The van der Waals surface area contributed by atoms with Crippen molar-refractivity contribution in [3.63, 3.8) is 0 Å². The fraction of sp³-hybridized carbons (Fsp3) is 0.200. The fourth-order valence-corrected chi connectivity index (χ4v) is 2.56. The van der Waals surface area contributed by atoms with Crippen molar-refractivity contribution in [3.05, 3.63) is 52.0 Å². The number of phenols is 1. The van der Waals surface area contributed by atoms with Gasteiger partial charge in [0.25, 0.3) is 0 Å². The third kappa shape index (κ3) is 2.73. The first kappa shape index (κ1) is 13.3. The number of fused-ring (bicyclic) bond motifs is 1. The van der Waals surface area contributed by atoms with Crippen LogP contribution in [0.5, 0.6) is 17.2 Å². The van der Waals surface area contributed by atoms with Crippen LogP contribution in [-0.2, 0) is 13.1 Å². The Morgan fingerprint density at radius 1 is 1.15 bits per heavy atom. The van der Waals surface area contributed by atoms with Crippen LogP contribution < -0.4 is 14.8 Å². The molecule has 20 heavy (non-hydrogen) atoms. The fourth-order valence-electron chi connectivity index (χ4n) is 2.13. The molecule has 0 spiro atoms. The molecule has 3 rings (SSSR count). The molecule has 0 atom stereocenters. The lowest BCUT2D eigenvalue weighted by atomic mass is 10.1. The number of rotatable bonds is 4. The van der Waals surface area contributed by atoms with Crippen LogP contribution in [0.15, 0.2) is 40.9 Å². The highest BCUT2D eigenvalue weighted by Gasteiger charge is 2.16. The monoisotopic (exact) mass is 335 g/mol. The highest BCUT2D eigenvalue weighted by Crippen LogP contribution is 2.35. The molecule has 1 heterocycles. The number of hydrogen-bond acceptors (Lipinski definition) is 4. The van der Waals surface area contributed by atoms with Crippen LogP contribution in [-0.4, -0.2) is 11.9 Å². The molecule has 0 saturated carbocycles. The van der Waals surface area contributed by atoms with Crippen molar-refractivity contribution in [3.8, 4) is 17.2 Å². The van der Waals surface area contributed by atoms with Crippen molar-refractivity contribution in [2.24, 2.45) is 0 Å². The van der Waals surface area contributed by atoms with Crippen molar-refractivity contribution in [1.29, 1.82) is 0 Å². The highest BCUT2D eigenvalue weighted by atomic mass is 79.9. The Morgan fingerprint density at radius 2 is 2.05 bits per heavy atom. The summed E-state index contributed by atoms with van der Waals surface area (Å²) in [7, 11) is 0. The third-order valence-corrected chi connectivity index (χ3v) is 3.77. The van der Waals surface area contributed by atoms with Gasteiger partial charge in [-0.1, -0.05) is 18.2 Å². The molecule has 0 amide bonds. The summed E-state index contributed by atoms with van der Waals surface area (Å²) < 4.78 is 11.5. The smallest absolute Gasteiger partial charge is 0.231 e. The summed E-state index contributed by atoms with van der Waals surface area (Å²) in [6, 6.07) is 11.4. The normalized spacial score (nSPS) is 12.7. The Morgan fingerprint density at radius 3 is 2.90 bits per heavy atom. The third-order valence-electron chi connectivity index (χ3n) is 3.13. The first-order valence-corrected chi connectivity index (χ1v) is 7.09. The van der Waals surface area contributed by atoms with Crippen LogP contribution in [0.3, 0.4) is 0 Å². The van der Waals surface area contributed by atoms with Gasteiger partial charge in [-0.25, -0.2) is 0 Å². The summed E-state index contributed by atoms with van der Waals surface area (Å²) in [6.07, 6.45) is 0. The molecule has 104 valence electrons. The molecule has 2 aromatic carbocycles. The van der Waals surface area contributed by atoms with Gasteiger partial charge < -0.3 is 19.9 Å². The van der Waals surface area contributed by atoms with E-state index in [1.807, 2.05) is 30.3 Å². The van der Waals surface area contributed by atoms with E-state index < -0.39 is 0 Å². The van der Waals surface area contributed by atoms with E-state index in [1.165, 1.54) is 0 Å². The number of hydrogen-bond donors (Lipinski definition) is 2. The van der Waals surface area contributed by atoms with Gasteiger partial charge in [0.15, 0.2) is 11.5 Å². The van der Waals surface area contributed by atoms with E-state index >= 15 is 0 Å². The maximum Gasteiger partial charge on any atom is 0.231 e. The lowest BCUT2D eigenvalue weighted by Gasteiger charge is -2.08. The zero-order chi connectivity index (χ0) is 13.9. The second kappa shape index (κ2) is 5.73. The van der Waals surface area contributed by atoms with Gasteiger partial charge in [0.1, 0.15) is 5.75 Å². The summed E-state index contributed by atoms with van der Waals surface area (Å²) >= 11 is 3.31. The van der Waals surface area contributed by atoms with Crippen LogP contribution >= 0.6 is 15.9 Å². The molecule has 0 aromatic heterocycles. The quantitative estimate of drug-likeness (QED) is 0.901. The van der Waals surface area contributed by atoms with E-state index in [1.54, 1.807) is 6.07 Å². The first-order chi connectivity index (χ1) is 9.74. The Hall–Kier alpha value is -1.72. The lowest BCUT2D eigenvalue weighted by Crippen LogP contribution is -2.13. The Labute approximate surface area is 125 Å². The number of nitrogens with one attached hydrogen (secondary N) is 1. The minimum atomic E-state index is 0.250. The van der Waals surface area contributed by atoms with Gasteiger partial charge in [-0.05, 0) is 39.7 Å². The molecule has 2 aromatic rings. The number of halogens is 1. The summed E-state index contributed by atoms with van der Waals surface area (Å²) in [5.41, 5.74) is 2.18. The lowest BCUT2D eigenvalue weighted by molar-refractivity contribution is 0.173. The van der Waals surface area contributed by atoms with Crippen molar-refractivity contribution < 1.29 is 14.6 Å². The Bertz CT molecular complexity index is 631. The van der Waals surface area contributed by atoms with Crippen LogP contribution in [0.25, 0.3) is 0 Å². The van der Waals surface area contributed by atoms with E-state index in [0.29, 0.717) is 17.6 Å². The molecule has 0 radical (unpaired) electrons. The summed E-state index contributed by atoms with van der Waals surface area (Å²) in [4.78, 5) is 0. The van der Waals surface area contributed by atoms with E-state index in [2.05, 4.69) is 21.2 Å². The summed E-state index contributed by atoms with van der Waals surface area (Å²) in [6.45, 7) is 1.70. The molecule has 0 aliphatic carbocycles. The molecule has 0 bridgehead atoms. The molecule has 2 N–H and O–H groups in total. The van der Waals surface area contributed by atoms with Gasteiger partial charge in [-0.15, -0.1) is 0 Å². The topological polar surface area (TPSA) is 50.7 Å². The van der Waals surface area contributed by atoms with Crippen LogP contribution in [0.2, 0.25) is 0 Å². The minimum absolute atomic E-state index is 0.250. The summed E-state index contributed by atoms with van der Waals surface area (Å²) in [5, 5.41) is 12.8. The molecule has 5 heteroatoms. The Kier molecular flexibility index (Phi) is 3.80. The number of benzene rings is 2. The van der Waals surface area contributed by atoms with E-state index in [-0.39, 0.29) is 12.5 Å². The Balaban J connectivity index is 1.63.